The highest BCUT2D eigenvalue weighted by molar-refractivity contribution is 6.18. The minimum atomic E-state index is -0.00585. The summed E-state index contributed by atoms with van der Waals surface area (Å²) in [5.74, 6) is 0.420. The van der Waals surface area contributed by atoms with Crippen LogP contribution >= 0.6 is 11.6 Å². The smallest absolute Gasteiger partial charge is 0.254 e. The maximum atomic E-state index is 12.5. The number of carbonyl (C=O) groups excluding carboxylic acids is 2. The maximum Gasteiger partial charge on any atom is 0.254 e. The molecule has 114 valence electrons. The van der Waals surface area contributed by atoms with Crippen molar-refractivity contribution in [3.05, 3.63) is 35.4 Å². The molecule has 0 radical (unpaired) electrons. The molecule has 2 amide bonds. The standard InChI is InChI=1S/C16H21ClN2O2/c1-12-4-2-3-5-14(12)16(21)19-10-7-13(8-11-19)18-15(20)6-9-17/h2-5,13H,6-11H2,1H3,(H,18,20). The number of aryl methyl sites for hydroxylation is 1. The quantitative estimate of drug-likeness (QED) is 0.868. The SMILES string of the molecule is Cc1ccccc1C(=O)N1CCC(NC(=O)CCCl)CC1. The molecule has 1 aromatic carbocycles. The van der Waals surface area contributed by atoms with E-state index in [0.717, 1.165) is 24.0 Å². The van der Waals surface area contributed by atoms with Crippen LogP contribution in [-0.2, 0) is 4.79 Å². The molecule has 21 heavy (non-hydrogen) atoms. The number of amides is 2. The summed E-state index contributed by atoms with van der Waals surface area (Å²) >= 11 is 5.55. The summed E-state index contributed by atoms with van der Waals surface area (Å²) in [7, 11) is 0. The molecule has 0 atom stereocenters. The van der Waals surface area contributed by atoms with Crippen molar-refractivity contribution in [2.24, 2.45) is 0 Å². The third-order valence-electron chi connectivity index (χ3n) is 3.84. The molecule has 2 rings (SSSR count). The molecule has 0 unspecified atom stereocenters. The van der Waals surface area contributed by atoms with E-state index in [2.05, 4.69) is 5.32 Å². The first-order chi connectivity index (χ1) is 10.1. The lowest BCUT2D eigenvalue weighted by molar-refractivity contribution is -0.121. The molecule has 1 aromatic rings. The van der Waals surface area contributed by atoms with Crippen LogP contribution in [0, 0.1) is 6.92 Å². The van der Waals surface area contributed by atoms with E-state index in [4.69, 9.17) is 11.6 Å². The lowest BCUT2D eigenvalue weighted by Crippen LogP contribution is -2.46. The van der Waals surface area contributed by atoms with Crippen LogP contribution in [0.3, 0.4) is 0 Å². The van der Waals surface area contributed by atoms with E-state index < -0.39 is 0 Å². The summed E-state index contributed by atoms with van der Waals surface area (Å²) in [6.45, 7) is 3.31. The predicted molar refractivity (Wildman–Crippen MR) is 83.6 cm³/mol. The summed E-state index contributed by atoms with van der Waals surface area (Å²) in [6.07, 6.45) is 1.95. The molecule has 1 heterocycles. The van der Waals surface area contributed by atoms with Crippen molar-refractivity contribution in [1.29, 1.82) is 0 Å². The molecule has 1 aliphatic heterocycles. The van der Waals surface area contributed by atoms with E-state index in [-0.39, 0.29) is 17.9 Å². The minimum Gasteiger partial charge on any atom is -0.353 e. The van der Waals surface area contributed by atoms with Crippen molar-refractivity contribution in [1.82, 2.24) is 10.2 Å². The molecule has 0 aliphatic carbocycles. The highest BCUT2D eigenvalue weighted by Crippen LogP contribution is 2.16. The predicted octanol–water partition coefficient (Wildman–Crippen LogP) is 2.34. The van der Waals surface area contributed by atoms with Crippen molar-refractivity contribution < 1.29 is 9.59 Å². The zero-order valence-electron chi connectivity index (χ0n) is 12.3. The lowest BCUT2D eigenvalue weighted by Gasteiger charge is -2.32. The van der Waals surface area contributed by atoms with Crippen LogP contribution in [0.4, 0.5) is 0 Å². The first-order valence-corrected chi connectivity index (χ1v) is 7.85. The molecule has 4 nitrogen and oxygen atoms in total. The van der Waals surface area contributed by atoms with E-state index in [1.807, 2.05) is 36.1 Å². The van der Waals surface area contributed by atoms with Crippen molar-refractivity contribution >= 4 is 23.4 Å². The lowest BCUT2D eigenvalue weighted by atomic mass is 10.0. The van der Waals surface area contributed by atoms with Gasteiger partial charge in [0.1, 0.15) is 0 Å². The number of piperidine rings is 1. The second-order valence-electron chi connectivity index (χ2n) is 5.39. The van der Waals surface area contributed by atoms with E-state index in [9.17, 15) is 9.59 Å². The molecule has 1 fully saturated rings. The summed E-state index contributed by atoms with van der Waals surface area (Å²) in [5.41, 5.74) is 1.77. The molecule has 1 aliphatic rings. The van der Waals surface area contributed by atoms with E-state index >= 15 is 0 Å². The third kappa shape index (κ3) is 4.21. The van der Waals surface area contributed by atoms with E-state index in [0.29, 0.717) is 25.4 Å². The zero-order chi connectivity index (χ0) is 15.2. The highest BCUT2D eigenvalue weighted by Gasteiger charge is 2.24. The number of carbonyl (C=O) groups is 2. The fourth-order valence-electron chi connectivity index (χ4n) is 2.60. The van der Waals surface area contributed by atoms with Gasteiger partial charge in [0, 0.05) is 37.0 Å². The largest absolute Gasteiger partial charge is 0.353 e. The van der Waals surface area contributed by atoms with Crippen molar-refractivity contribution in [3.63, 3.8) is 0 Å². The average molecular weight is 309 g/mol. The van der Waals surface area contributed by atoms with Gasteiger partial charge in [-0.3, -0.25) is 9.59 Å². The van der Waals surface area contributed by atoms with Crippen molar-refractivity contribution in [2.45, 2.75) is 32.2 Å². The van der Waals surface area contributed by atoms with E-state index in [1.165, 1.54) is 0 Å². The monoisotopic (exact) mass is 308 g/mol. The Morgan fingerprint density at radius 2 is 1.95 bits per heavy atom. The van der Waals surface area contributed by atoms with Crippen LogP contribution in [0.2, 0.25) is 0 Å². The Kier molecular flexibility index (Phi) is 5.62. The number of benzene rings is 1. The average Bonchev–Trinajstić information content (AvgIpc) is 2.48. The summed E-state index contributed by atoms with van der Waals surface area (Å²) < 4.78 is 0. The molecule has 0 bridgehead atoms. The summed E-state index contributed by atoms with van der Waals surface area (Å²) in [5, 5.41) is 2.97. The first kappa shape index (κ1) is 15.8. The molecule has 0 spiro atoms. The van der Waals surface area contributed by atoms with Gasteiger partial charge in [-0.15, -0.1) is 11.6 Å². The molecular formula is C16H21ClN2O2. The van der Waals surface area contributed by atoms with Crippen LogP contribution in [0.25, 0.3) is 0 Å². The number of nitrogens with zero attached hydrogens (tertiary/aromatic N) is 1. The third-order valence-corrected chi connectivity index (χ3v) is 4.03. The van der Waals surface area contributed by atoms with E-state index in [1.54, 1.807) is 0 Å². The van der Waals surface area contributed by atoms with Gasteiger partial charge in [0.2, 0.25) is 5.91 Å². The molecule has 0 saturated carbocycles. The topological polar surface area (TPSA) is 49.4 Å². The van der Waals surface area contributed by atoms with Gasteiger partial charge >= 0.3 is 0 Å². The second kappa shape index (κ2) is 7.46. The number of nitrogens with one attached hydrogen (secondary N) is 1. The molecule has 1 saturated heterocycles. The van der Waals surface area contributed by atoms with Gasteiger partial charge < -0.3 is 10.2 Å². The summed E-state index contributed by atoms with van der Waals surface area (Å²) in [6, 6.07) is 7.80. The van der Waals surface area contributed by atoms with Gasteiger partial charge in [-0.1, -0.05) is 18.2 Å². The Balaban J connectivity index is 1.88. The Morgan fingerprint density at radius 3 is 2.57 bits per heavy atom. The van der Waals surface area contributed by atoms with Gasteiger partial charge in [-0.2, -0.15) is 0 Å². The van der Waals surface area contributed by atoms with Crippen LogP contribution < -0.4 is 5.32 Å². The van der Waals surface area contributed by atoms with Crippen LogP contribution in [0.1, 0.15) is 35.2 Å². The van der Waals surface area contributed by atoms with Crippen molar-refractivity contribution in [3.8, 4) is 0 Å². The molecule has 5 heteroatoms. The normalized spacial score (nSPS) is 15.8. The molecule has 0 aromatic heterocycles. The Labute approximate surface area is 130 Å². The maximum absolute atomic E-state index is 12.5. The van der Waals surface area contributed by atoms with Crippen LogP contribution in [-0.4, -0.2) is 41.7 Å². The zero-order valence-corrected chi connectivity index (χ0v) is 13.0. The molecular weight excluding hydrogens is 288 g/mol. The number of likely N-dealkylation sites (tertiary alicyclic amines) is 1. The van der Waals surface area contributed by atoms with Gasteiger partial charge in [0.25, 0.3) is 5.91 Å². The molecule has 1 N–H and O–H groups in total. The highest BCUT2D eigenvalue weighted by atomic mass is 35.5. The number of hydrogen-bond donors (Lipinski definition) is 1. The Hall–Kier alpha value is -1.55. The first-order valence-electron chi connectivity index (χ1n) is 7.32. The summed E-state index contributed by atoms with van der Waals surface area (Å²) in [4.78, 5) is 25.9. The number of alkyl halides is 1. The van der Waals surface area contributed by atoms with Gasteiger partial charge in [0.15, 0.2) is 0 Å². The van der Waals surface area contributed by atoms with Crippen LogP contribution in [0.15, 0.2) is 24.3 Å². The Morgan fingerprint density at radius 1 is 1.29 bits per heavy atom. The number of halogens is 1. The van der Waals surface area contributed by atoms with Gasteiger partial charge in [0.05, 0.1) is 0 Å². The van der Waals surface area contributed by atoms with Gasteiger partial charge in [-0.25, -0.2) is 0 Å². The fourth-order valence-corrected chi connectivity index (χ4v) is 2.77. The van der Waals surface area contributed by atoms with Crippen molar-refractivity contribution in [2.75, 3.05) is 19.0 Å². The minimum absolute atomic E-state index is 0.00585. The Bertz CT molecular complexity index is 511. The second-order valence-corrected chi connectivity index (χ2v) is 5.77. The van der Waals surface area contributed by atoms with Gasteiger partial charge in [-0.05, 0) is 31.4 Å². The fraction of sp³-hybridized carbons (Fsp3) is 0.500. The number of hydrogen-bond acceptors (Lipinski definition) is 2. The number of rotatable bonds is 4. The van der Waals surface area contributed by atoms with Crippen LogP contribution in [0.5, 0.6) is 0 Å².